The largest absolute Gasteiger partial charge is 0.463 e. The fourth-order valence-corrected chi connectivity index (χ4v) is 4.06. The van der Waals surface area contributed by atoms with Crippen LogP contribution in [0.5, 0.6) is 0 Å². The van der Waals surface area contributed by atoms with E-state index in [-0.39, 0.29) is 36.8 Å². The van der Waals surface area contributed by atoms with E-state index >= 15 is 0 Å². The summed E-state index contributed by atoms with van der Waals surface area (Å²) in [7, 11) is 1.82. The lowest BCUT2D eigenvalue weighted by atomic mass is 9.87. The van der Waals surface area contributed by atoms with E-state index in [4.69, 9.17) is 14.2 Å². The highest BCUT2D eigenvalue weighted by Crippen LogP contribution is 2.30. The molecule has 0 unspecified atom stereocenters. The molecule has 2 atom stereocenters. The van der Waals surface area contributed by atoms with Gasteiger partial charge < -0.3 is 19.1 Å². The summed E-state index contributed by atoms with van der Waals surface area (Å²) in [6.07, 6.45) is 7.49. The van der Waals surface area contributed by atoms with Crippen molar-refractivity contribution in [3.63, 3.8) is 0 Å². The maximum Gasteiger partial charge on any atom is 0.409 e. The van der Waals surface area contributed by atoms with Gasteiger partial charge in [-0.05, 0) is 59.8 Å². The first-order chi connectivity index (χ1) is 12.7. The van der Waals surface area contributed by atoms with E-state index in [1.54, 1.807) is 4.90 Å². The van der Waals surface area contributed by atoms with E-state index in [0.717, 1.165) is 32.1 Å². The number of nitrogens with zero attached hydrogens (tertiary/aromatic N) is 1. The average molecular weight is 384 g/mol. The number of rotatable bonds is 7. The third-order valence-electron chi connectivity index (χ3n) is 5.50. The minimum atomic E-state index is -0.583. The van der Waals surface area contributed by atoms with Crippen molar-refractivity contribution < 1.29 is 23.8 Å². The first-order valence-corrected chi connectivity index (χ1v) is 10.5. The molecule has 6 nitrogen and oxygen atoms in total. The third-order valence-corrected chi connectivity index (χ3v) is 5.50. The summed E-state index contributed by atoms with van der Waals surface area (Å²) >= 11 is 0. The van der Waals surface area contributed by atoms with Crippen molar-refractivity contribution in [3.05, 3.63) is 0 Å². The van der Waals surface area contributed by atoms with E-state index in [1.807, 2.05) is 34.7 Å². The van der Waals surface area contributed by atoms with Crippen molar-refractivity contribution in [2.45, 2.75) is 103 Å². The topological polar surface area (TPSA) is 65.1 Å². The molecule has 0 saturated heterocycles. The summed E-state index contributed by atoms with van der Waals surface area (Å²) in [5, 5.41) is 0. The predicted molar refractivity (Wildman–Crippen MR) is 104 cm³/mol. The van der Waals surface area contributed by atoms with Crippen LogP contribution in [0, 0.1) is 5.92 Å². The van der Waals surface area contributed by atoms with Crippen LogP contribution in [0.1, 0.15) is 79.1 Å². The molecule has 27 heavy (non-hydrogen) atoms. The SMILES string of the molecule is CC(C)OC(=O)[C@H]1CCC[C@H](OC(C)(C)COC(=O)N(C)C2CCCC2)C1. The molecule has 2 rings (SSSR count). The van der Waals surface area contributed by atoms with Gasteiger partial charge in [-0.15, -0.1) is 0 Å². The second-order valence-electron chi connectivity index (χ2n) is 8.95. The maximum atomic E-state index is 12.3. The Balaban J connectivity index is 1.78. The van der Waals surface area contributed by atoms with E-state index < -0.39 is 5.60 Å². The summed E-state index contributed by atoms with van der Waals surface area (Å²) < 4.78 is 17.1. The molecule has 0 radical (unpaired) electrons. The number of ether oxygens (including phenoxy) is 3. The van der Waals surface area contributed by atoms with Crippen LogP contribution in [0.4, 0.5) is 4.79 Å². The van der Waals surface area contributed by atoms with Crippen LogP contribution in [-0.2, 0) is 19.0 Å². The molecular weight excluding hydrogens is 346 g/mol. The van der Waals surface area contributed by atoms with Crippen LogP contribution >= 0.6 is 0 Å². The van der Waals surface area contributed by atoms with Gasteiger partial charge in [0.15, 0.2) is 0 Å². The monoisotopic (exact) mass is 383 g/mol. The summed E-state index contributed by atoms with van der Waals surface area (Å²) in [4.78, 5) is 26.2. The predicted octanol–water partition coefficient (Wildman–Crippen LogP) is 4.30. The van der Waals surface area contributed by atoms with Crippen LogP contribution in [0.3, 0.4) is 0 Å². The zero-order chi connectivity index (χ0) is 20.0. The molecule has 156 valence electrons. The van der Waals surface area contributed by atoms with Crippen LogP contribution in [-0.4, -0.2) is 54.5 Å². The number of carbonyl (C=O) groups is 2. The number of hydrogen-bond acceptors (Lipinski definition) is 5. The Labute approximate surface area is 163 Å². The smallest absolute Gasteiger partial charge is 0.409 e. The van der Waals surface area contributed by atoms with E-state index in [1.165, 1.54) is 12.8 Å². The van der Waals surface area contributed by atoms with Crippen molar-refractivity contribution >= 4 is 12.1 Å². The number of hydrogen-bond donors (Lipinski definition) is 0. The van der Waals surface area contributed by atoms with Gasteiger partial charge in [-0.1, -0.05) is 19.3 Å². The first-order valence-electron chi connectivity index (χ1n) is 10.5. The normalized spacial score (nSPS) is 24.1. The molecular formula is C21H37NO5. The van der Waals surface area contributed by atoms with Gasteiger partial charge in [0.1, 0.15) is 6.61 Å². The zero-order valence-corrected chi connectivity index (χ0v) is 17.7. The summed E-state index contributed by atoms with van der Waals surface area (Å²) in [5.41, 5.74) is -0.583. The van der Waals surface area contributed by atoms with Gasteiger partial charge >= 0.3 is 12.1 Å². The Morgan fingerprint density at radius 1 is 1.07 bits per heavy atom. The number of esters is 1. The minimum absolute atomic E-state index is 0.00951. The molecule has 6 heteroatoms. The van der Waals surface area contributed by atoms with Gasteiger partial charge in [0.2, 0.25) is 0 Å². The van der Waals surface area contributed by atoms with Crippen LogP contribution in [0.2, 0.25) is 0 Å². The molecule has 2 saturated carbocycles. The second-order valence-corrected chi connectivity index (χ2v) is 8.95. The number of carbonyl (C=O) groups excluding carboxylic acids is 2. The molecule has 2 aliphatic carbocycles. The fourth-order valence-electron chi connectivity index (χ4n) is 4.06. The van der Waals surface area contributed by atoms with Gasteiger partial charge in [-0.25, -0.2) is 4.79 Å². The molecule has 0 aromatic heterocycles. The molecule has 0 aromatic rings. The van der Waals surface area contributed by atoms with Crippen LogP contribution < -0.4 is 0 Å². The van der Waals surface area contributed by atoms with E-state index in [2.05, 4.69) is 0 Å². The van der Waals surface area contributed by atoms with Crippen molar-refractivity contribution in [1.29, 1.82) is 0 Å². The lowest BCUT2D eigenvalue weighted by molar-refractivity contribution is -0.159. The Bertz CT molecular complexity index is 499. The molecule has 0 N–H and O–H groups in total. The van der Waals surface area contributed by atoms with Crippen molar-refractivity contribution in [2.75, 3.05) is 13.7 Å². The summed E-state index contributed by atoms with van der Waals surface area (Å²) in [5.74, 6) is -0.223. The minimum Gasteiger partial charge on any atom is -0.463 e. The lowest BCUT2D eigenvalue weighted by Crippen LogP contribution is -2.42. The summed E-state index contributed by atoms with van der Waals surface area (Å²) in [6.45, 7) is 7.82. The Hall–Kier alpha value is -1.30. The van der Waals surface area contributed by atoms with Crippen molar-refractivity contribution in [1.82, 2.24) is 4.90 Å². The quantitative estimate of drug-likeness (QED) is 0.613. The second kappa shape index (κ2) is 9.76. The van der Waals surface area contributed by atoms with Crippen molar-refractivity contribution in [2.24, 2.45) is 5.92 Å². The molecule has 0 bridgehead atoms. The van der Waals surface area contributed by atoms with Gasteiger partial charge in [0, 0.05) is 13.1 Å². The maximum absolute atomic E-state index is 12.3. The Kier molecular flexibility index (Phi) is 7.95. The molecule has 2 fully saturated rings. The van der Waals surface area contributed by atoms with Gasteiger partial charge in [0.25, 0.3) is 0 Å². The molecule has 2 aliphatic rings. The standard InChI is InChI=1S/C21H37NO5/c1-15(2)26-19(23)16-9-8-12-18(13-16)27-21(3,4)14-25-20(24)22(5)17-10-6-7-11-17/h15-18H,6-14H2,1-5H3/t16-,18-/m0/s1. The zero-order valence-electron chi connectivity index (χ0n) is 17.7. The lowest BCUT2D eigenvalue weighted by Gasteiger charge is -2.35. The average Bonchev–Trinajstić information content (AvgIpc) is 3.13. The van der Waals surface area contributed by atoms with Gasteiger partial charge in [-0.3, -0.25) is 4.79 Å². The highest BCUT2D eigenvalue weighted by atomic mass is 16.6. The summed E-state index contributed by atoms with van der Waals surface area (Å²) in [6, 6.07) is 0.299. The van der Waals surface area contributed by atoms with E-state index in [9.17, 15) is 9.59 Å². The molecule has 0 spiro atoms. The molecule has 0 aromatic carbocycles. The molecule has 1 amide bonds. The first kappa shape index (κ1) is 22.0. The molecule has 0 heterocycles. The van der Waals surface area contributed by atoms with Crippen LogP contribution in [0.15, 0.2) is 0 Å². The van der Waals surface area contributed by atoms with Gasteiger partial charge in [0.05, 0.1) is 23.7 Å². The van der Waals surface area contributed by atoms with Crippen LogP contribution in [0.25, 0.3) is 0 Å². The fraction of sp³-hybridized carbons (Fsp3) is 0.905. The van der Waals surface area contributed by atoms with Crippen molar-refractivity contribution in [3.8, 4) is 0 Å². The Morgan fingerprint density at radius 2 is 1.74 bits per heavy atom. The highest BCUT2D eigenvalue weighted by Gasteiger charge is 2.34. The van der Waals surface area contributed by atoms with E-state index in [0.29, 0.717) is 12.5 Å². The third kappa shape index (κ3) is 6.98. The molecule has 0 aliphatic heterocycles. The highest BCUT2D eigenvalue weighted by molar-refractivity contribution is 5.72. The van der Waals surface area contributed by atoms with Gasteiger partial charge in [-0.2, -0.15) is 0 Å². The number of amides is 1. The Morgan fingerprint density at radius 3 is 2.37 bits per heavy atom.